The van der Waals surface area contributed by atoms with Gasteiger partial charge in [-0.1, -0.05) is 6.08 Å². The van der Waals surface area contributed by atoms with Gasteiger partial charge in [-0.05, 0) is 62.9 Å². The molecular weight excluding hydrogens is 244 g/mol. The summed E-state index contributed by atoms with van der Waals surface area (Å²) in [5.41, 5.74) is -0.484. The van der Waals surface area contributed by atoms with E-state index in [4.69, 9.17) is 4.74 Å². The van der Waals surface area contributed by atoms with Crippen LogP contribution in [-0.4, -0.2) is 34.4 Å². The molecule has 1 N–H and O–H groups in total. The van der Waals surface area contributed by atoms with Crippen LogP contribution in [0.15, 0.2) is 12.7 Å². The summed E-state index contributed by atoms with van der Waals surface area (Å²) >= 11 is 2.03. The molecule has 2 saturated heterocycles. The molecule has 0 amide bonds. The molecule has 2 unspecified atom stereocenters. The van der Waals surface area contributed by atoms with Gasteiger partial charge in [0.1, 0.15) is 0 Å². The van der Waals surface area contributed by atoms with Gasteiger partial charge in [0.15, 0.2) is 0 Å². The number of rotatable bonds is 4. The highest BCUT2D eigenvalue weighted by molar-refractivity contribution is 7.99. The smallest absolute Gasteiger partial charge is 0.0702 e. The standard InChI is InChI=1S/C15H26O2S/c1-3-4-6-14(2,16)13-5-9-17-15(12-13)7-10-18-11-8-15/h3,13,16H,1,4-12H2,2H3. The topological polar surface area (TPSA) is 29.5 Å². The van der Waals surface area contributed by atoms with Crippen LogP contribution < -0.4 is 0 Å². The molecule has 2 heterocycles. The van der Waals surface area contributed by atoms with Crippen LogP contribution in [0, 0.1) is 5.92 Å². The molecule has 1 spiro atoms. The number of hydrogen-bond acceptors (Lipinski definition) is 3. The van der Waals surface area contributed by atoms with Crippen molar-refractivity contribution in [3.05, 3.63) is 12.7 Å². The van der Waals surface area contributed by atoms with Gasteiger partial charge in [-0.25, -0.2) is 0 Å². The molecule has 0 aromatic carbocycles. The molecule has 0 aliphatic carbocycles. The second-order valence-corrected chi connectivity index (χ2v) is 7.24. The first-order chi connectivity index (χ1) is 8.58. The highest BCUT2D eigenvalue weighted by Gasteiger charge is 2.44. The van der Waals surface area contributed by atoms with Crippen molar-refractivity contribution in [2.45, 2.75) is 56.7 Å². The number of ether oxygens (including phenoxy) is 1. The van der Waals surface area contributed by atoms with Gasteiger partial charge in [-0.15, -0.1) is 6.58 Å². The van der Waals surface area contributed by atoms with Crippen molar-refractivity contribution < 1.29 is 9.84 Å². The van der Waals surface area contributed by atoms with E-state index < -0.39 is 5.60 Å². The Morgan fingerprint density at radius 2 is 2.22 bits per heavy atom. The molecule has 0 bridgehead atoms. The van der Waals surface area contributed by atoms with Crippen molar-refractivity contribution >= 4 is 11.8 Å². The molecule has 2 fully saturated rings. The van der Waals surface area contributed by atoms with E-state index in [1.165, 1.54) is 11.5 Å². The molecule has 2 nitrogen and oxygen atoms in total. The predicted molar refractivity (Wildman–Crippen MR) is 78.0 cm³/mol. The van der Waals surface area contributed by atoms with Crippen LogP contribution in [0.3, 0.4) is 0 Å². The average molecular weight is 270 g/mol. The SMILES string of the molecule is C=CCCC(C)(O)C1CCOC2(CCSCC2)C1. The maximum absolute atomic E-state index is 10.7. The molecule has 2 aliphatic heterocycles. The van der Waals surface area contributed by atoms with Gasteiger partial charge in [0, 0.05) is 6.61 Å². The second-order valence-electron chi connectivity index (χ2n) is 6.02. The third-order valence-electron chi connectivity index (χ3n) is 4.63. The minimum Gasteiger partial charge on any atom is -0.390 e. The molecule has 0 aromatic heterocycles. The molecule has 2 rings (SSSR count). The zero-order chi connectivity index (χ0) is 13.1. The fraction of sp³-hybridized carbons (Fsp3) is 0.867. The Morgan fingerprint density at radius 3 is 2.89 bits per heavy atom. The Bertz CT molecular complexity index is 277. The Hall–Kier alpha value is 0.0100. The van der Waals surface area contributed by atoms with E-state index in [9.17, 15) is 5.11 Å². The zero-order valence-corrected chi connectivity index (χ0v) is 12.3. The summed E-state index contributed by atoms with van der Waals surface area (Å²) in [6, 6.07) is 0. The molecule has 0 saturated carbocycles. The third-order valence-corrected chi connectivity index (χ3v) is 5.62. The highest BCUT2D eigenvalue weighted by Crippen LogP contribution is 2.43. The number of aliphatic hydroxyl groups is 1. The van der Waals surface area contributed by atoms with Crippen LogP contribution in [0.1, 0.15) is 45.4 Å². The van der Waals surface area contributed by atoms with E-state index in [1.807, 2.05) is 24.8 Å². The van der Waals surface area contributed by atoms with Crippen molar-refractivity contribution in [1.29, 1.82) is 0 Å². The number of hydrogen-bond donors (Lipinski definition) is 1. The van der Waals surface area contributed by atoms with E-state index in [-0.39, 0.29) is 5.60 Å². The van der Waals surface area contributed by atoms with Crippen LogP contribution in [0.25, 0.3) is 0 Å². The van der Waals surface area contributed by atoms with Crippen molar-refractivity contribution in [1.82, 2.24) is 0 Å². The summed E-state index contributed by atoms with van der Waals surface area (Å²) in [6.45, 7) is 6.57. The van der Waals surface area contributed by atoms with Gasteiger partial charge in [-0.2, -0.15) is 11.8 Å². The van der Waals surface area contributed by atoms with Crippen molar-refractivity contribution in [2.75, 3.05) is 18.1 Å². The average Bonchev–Trinajstić information content (AvgIpc) is 2.37. The van der Waals surface area contributed by atoms with Gasteiger partial charge < -0.3 is 9.84 Å². The maximum atomic E-state index is 10.7. The number of thioether (sulfide) groups is 1. The fourth-order valence-electron chi connectivity index (χ4n) is 3.25. The molecule has 3 heteroatoms. The molecule has 0 aromatic rings. The van der Waals surface area contributed by atoms with Gasteiger partial charge in [0.05, 0.1) is 11.2 Å². The van der Waals surface area contributed by atoms with Gasteiger partial charge in [0.2, 0.25) is 0 Å². The summed E-state index contributed by atoms with van der Waals surface area (Å²) in [5.74, 6) is 2.80. The predicted octanol–water partition coefficient (Wildman–Crippen LogP) is 3.40. The van der Waals surface area contributed by atoms with Crippen LogP contribution >= 0.6 is 11.8 Å². The highest BCUT2D eigenvalue weighted by atomic mass is 32.2. The van der Waals surface area contributed by atoms with E-state index >= 15 is 0 Å². The van der Waals surface area contributed by atoms with E-state index in [1.54, 1.807) is 0 Å². The zero-order valence-electron chi connectivity index (χ0n) is 11.5. The summed E-state index contributed by atoms with van der Waals surface area (Å²) in [7, 11) is 0. The summed E-state index contributed by atoms with van der Waals surface area (Å²) in [6.07, 6.45) is 7.98. The first kappa shape index (κ1) is 14.4. The number of allylic oxidation sites excluding steroid dienone is 1. The lowest BCUT2D eigenvalue weighted by Crippen LogP contribution is -2.48. The largest absolute Gasteiger partial charge is 0.390 e. The first-order valence-corrected chi connectivity index (χ1v) is 8.28. The molecule has 0 radical (unpaired) electrons. The molecule has 18 heavy (non-hydrogen) atoms. The maximum Gasteiger partial charge on any atom is 0.0702 e. The Balaban J connectivity index is 1.98. The lowest BCUT2D eigenvalue weighted by molar-refractivity contribution is -0.143. The van der Waals surface area contributed by atoms with Crippen LogP contribution in [0.4, 0.5) is 0 Å². The van der Waals surface area contributed by atoms with E-state index in [2.05, 4.69) is 6.58 Å². The molecule has 2 atom stereocenters. The monoisotopic (exact) mass is 270 g/mol. The minimum atomic E-state index is -0.560. The van der Waals surface area contributed by atoms with Crippen LogP contribution in [-0.2, 0) is 4.74 Å². The normalized spacial score (nSPS) is 30.9. The van der Waals surface area contributed by atoms with Crippen molar-refractivity contribution in [2.24, 2.45) is 5.92 Å². The Kier molecular flexibility index (Phi) is 4.79. The van der Waals surface area contributed by atoms with Crippen LogP contribution in [0.2, 0.25) is 0 Å². The summed E-state index contributed by atoms with van der Waals surface area (Å²) in [5, 5.41) is 10.7. The van der Waals surface area contributed by atoms with E-state index in [0.29, 0.717) is 5.92 Å². The lowest BCUT2D eigenvalue weighted by atomic mass is 9.73. The van der Waals surface area contributed by atoms with E-state index in [0.717, 1.165) is 45.1 Å². The quantitative estimate of drug-likeness (QED) is 0.794. The van der Waals surface area contributed by atoms with Gasteiger partial charge in [0.25, 0.3) is 0 Å². The first-order valence-electron chi connectivity index (χ1n) is 7.13. The molecule has 104 valence electrons. The van der Waals surface area contributed by atoms with Crippen LogP contribution in [0.5, 0.6) is 0 Å². The molecule has 2 aliphatic rings. The summed E-state index contributed by atoms with van der Waals surface area (Å²) < 4.78 is 6.09. The second kappa shape index (κ2) is 5.98. The van der Waals surface area contributed by atoms with Crippen molar-refractivity contribution in [3.63, 3.8) is 0 Å². The fourth-order valence-corrected chi connectivity index (χ4v) is 4.49. The summed E-state index contributed by atoms with van der Waals surface area (Å²) in [4.78, 5) is 0. The Morgan fingerprint density at radius 1 is 1.50 bits per heavy atom. The third kappa shape index (κ3) is 3.31. The van der Waals surface area contributed by atoms with Gasteiger partial charge in [-0.3, -0.25) is 0 Å². The lowest BCUT2D eigenvalue weighted by Gasteiger charge is -2.47. The Labute approximate surface area is 115 Å². The van der Waals surface area contributed by atoms with Crippen molar-refractivity contribution in [3.8, 4) is 0 Å². The minimum absolute atomic E-state index is 0.0757. The molecular formula is C15H26O2S. The van der Waals surface area contributed by atoms with Gasteiger partial charge >= 0.3 is 0 Å².